The van der Waals surface area contributed by atoms with Crippen molar-refractivity contribution in [1.82, 2.24) is 10.3 Å². The molecule has 138 valence electrons. The Morgan fingerprint density at radius 2 is 1.78 bits per heavy atom. The van der Waals surface area contributed by atoms with Gasteiger partial charge in [0.25, 0.3) is 5.91 Å². The predicted octanol–water partition coefficient (Wildman–Crippen LogP) is 4.11. The van der Waals surface area contributed by atoms with E-state index in [-0.39, 0.29) is 30.0 Å². The van der Waals surface area contributed by atoms with Crippen LogP contribution in [0.15, 0.2) is 70.0 Å². The minimum Gasteiger partial charge on any atom is -0.444 e. The Bertz CT molecular complexity index is 923. The number of furan rings is 1. The maximum absolute atomic E-state index is 12.2. The molecule has 2 amide bonds. The largest absolute Gasteiger partial charge is 0.444 e. The van der Waals surface area contributed by atoms with Crippen LogP contribution in [0.2, 0.25) is 0 Å². The smallest absolute Gasteiger partial charge is 0.291 e. The van der Waals surface area contributed by atoms with Crippen molar-refractivity contribution in [3.63, 3.8) is 0 Å². The van der Waals surface area contributed by atoms with Crippen LogP contribution in [0.25, 0.3) is 0 Å². The molecule has 1 unspecified atom stereocenters. The maximum Gasteiger partial charge on any atom is 0.291 e. The third kappa shape index (κ3) is 5.27. The molecular formula is C20H18BrN3O3. The van der Waals surface area contributed by atoms with E-state index in [4.69, 9.17) is 4.42 Å². The number of carbonyl (C=O) groups excluding carboxylic acids is 2. The summed E-state index contributed by atoms with van der Waals surface area (Å²) in [7, 11) is 0. The van der Waals surface area contributed by atoms with Crippen LogP contribution in [0.3, 0.4) is 0 Å². The molecule has 0 aliphatic rings. The number of halogens is 1. The third-order valence-electron chi connectivity index (χ3n) is 3.96. The van der Waals surface area contributed by atoms with E-state index < -0.39 is 0 Å². The van der Waals surface area contributed by atoms with Gasteiger partial charge >= 0.3 is 0 Å². The number of nitrogens with zero attached hydrogens (tertiary/aromatic N) is 1. The summed E-state index contributed by atoms with van der Waals surface area (Å²) < 4.78 is 5.71. The van der Waals surface area contributed by atoms with E-state index in [1.807, 2.05) is 31.2 Å². The number of carbonyl (C=O) groups is 2. The zero-order valence-electron chi connectivity index (χ0n) is 14.6. The molecule has 1 aromatic carbocycles. The average molecular weight is 428 g/mol. The number of hydrogen-bond donors (Lipinski definition) is 2. The molecule has 0 aliphatic carbocycles. The van der Waals surface area contributed by atoms with Crippen molar-refractivity contribution in [2.45, 2.75) is 19.4 Å². The predicted molar refractivity (Wildman–Crippen MR) is 105 cm³/mol. The van der Waals surface area contributed by atoms with Crippen molar-refractivity contribution in [2.24, 2.45) is 0 Å². The molecule has 2 aromatic heterocycles. The molecule has 2 heterocycles. The second-order valence-corrected chi connectivity index (χ2v) is 6.78. The summed E-state index contributed by atoms with van der Waals surface area (Å²) in [6.45, 7) is 1.93. The molecule has 0 aliphatic heterocycles. The van der Waals surface area contributed by atoms with Crippen molar-refractivity contribution >= 4 is 33.4 Å². The summed E-state index contributed by atoms with van der Waals surface area (Å²) in [4.78, 5) is 28.3. The standard InChI is InChI=1S/C20H18BrN3O3/c1-13(15-8-10-22-11-9-15)23-19(25)12-14-2-4-16(5-3-14)24-20(26)17-6-7-18(21)27-17/h2-11,13H,12H2,1H3,(H,23,25)(H,24,26). The van der Waals surface area contributed by atoms with Gasteiger partial charge in [-0.1, -0.05) is 12.1 Å². The fourth-order valence-corrected chi connectivity index (χ4v) is 2.85. The number of aromatic nitrogens is 1. The molecule has 0 bridgehead atoms. The topological polar surface area (TPSA) is 84.2 Å². The number of benzene rings is 1. The molecule has 0 saturated carbocycles. The Hall–Kier alpha value is -2.93. The van der Waals surface area contributed by atoms with Gasteiger partial charge in [0.05, 0.1) is 12.5 Å². The number of amides is 2. The number of anilines is 1. The average Bonchev–Trinajstić information content (AvgIpc) is 3.10. The van der Waals surface area contributed by atoms with Crippen molar-refractivity contribution in [3.8, 4) is 0 Å². The highest BCUT2D eigenvalue weighted by Gasteiger charge is 2.12. The van der Waals surface area contributed by atoms with Crippen LogP contribution >= 0.6 is 15.9 Å². The molecule has 3 rings (SSSR count). The molecule has 0 saturated heterocycles. The van der Waals surface area contributed by atoms with Gasteiger partial charge in [-0.3, -0.25) is 14.6 Å². The second kappa shape index (κ2) is 8.64. The van der Waals surface area contributed by atoms with Gasteiger partial charge in [0.2, 0.25) is 5.91 Å². The lowest BCUT2D eigenvalue weighted by atomic mass is 10.1. The summed E-state index contributed by atoms with van der Waals surface area (Å²) in [6.07, 6.45) is 3.66. The second-order valence-electron chi connectivity index (χ2n) is 6.00. The fraction of sp³-hybridized carbons (Fsp3) is 0.150. The van der Waals surface area contributed by atoms with E-state index in [1.54, 1.807) is 36.7 Å². The number of nitrogens with one attached hydrogen (secondary N) is 2. The highest BCUT2D eigenvalue weighted by molar-refractivity contribution is 9.10. The van der Waals surface area contributed by atoms with E-state index in [0.717, 1.165) is 11.1 Å². The molecular weight excluding hydrogens is 410 g/mol. The van der Waals surface area contributed by atoms with Gasteiger partial charge in [-0.2, -0.15) is 0 Å². The van der Waals surface area contributed by atoms with Crippen molar-refractivity contribution in [3.05, 3.63) is 82.5 Å². The van der Waals surface area contributed by atoms with Crippen molar-refractivity contribution in [2.75, 3.05) is 5.32 Å². The van der Waals surface area contributed by atoms with Crippen LogP contribution in [0.1, 0.15) is 34.6 Å². The molecule has 27 heavy (non-hydrogen) atoms. The van der Waals surface area contributed by atoms with Gasteiger partial charge < -0.3 is 15.1 Å². The van der Waals surface area contributed by atoms with Crippen molar-refractivity contribution < 1.29 is 14.0 Å². The van der Waals surface area contributed by atoms with Gasteiger partial charge in [-0.05, 0) is 70.4 Å². The quantitative estimate of drug-likeness (QED) is 0.619. The third-order valence-corrected chi connectivity index (χ3v) is 4.38. The normalized spacial score (nSPS) is 11.6. The zero-order valence-corrected chi connectivity index (χ0v) is 16.2. The Morgan fingerprint density at radius 3 is 2.41 bits per heavy atom. The lowest BCUT2D eigenvalue weighted by Gasteiger charge is -2.14. The Labute approximate surface area is 165 Å². The minimum absolute atomic E-state index is 0.0727. The molecule has 3 aromatic rings. The first kappa shape index (κ1) is 18.8. The Kier molecular flexibility index (Phi) is 6.03. The van der Waals surface area contributed by atoms with E-state index in [1.165, 1.54) is 0 Å². The minimum atomic E-state index is -0.336. The zero-order chi connectivity index (χ0) is 19.2. The first-order valence-corrected chi connectivity index (χ1v) is 9.15. The number of rotatable bonds is 6. The van der Waals surface area contributed by atoms with E-state index >= 15 is 0 Å². The molecule has 0 fully saturated rings. The summed E-state index contributed by atoms with van der Waals surface area (Å²) in [5, 5.41) is 5.71. The van der Waals surface area contributed by atoms with E-state index in [2.05, 4.69) is 31.5 Å². The summed E-state index contributed by atoms with van der Waals surface area (Å²) in [6, 6.07) is 14.0. The summed E-state index contributed by atoms with van der Waals surface area (Å²) >= 11 is 3.16. The van der Waals surface area contributed by atoms with Gasteiger partial charge in [0.1, 0.15) is 0 Å². The van der Waals surface area contributed by atoms with Crippen LogP contribution in [0, 0.1) is 0 Å². The number of pyridine rings is 1. The molecule has 0 radical (unpaired) electrons. The highest BCUT2D eigenvalue weighted by atomic mass is 79.9. The van der Waals surface area contributed by atoms with E-state index in [0.29, 0.717) is 10.4 Å². The Balaban J connectivity index is 1.54. The lowest BCUT2D eigenvalue weighted by Crippen LogP contribution is -2.28. The van der Waals surface area contributed by atoms with Crippen LogP contribution in [-0.2, 0) is 11.2 Å². The SMILES string of the molecule is CC(NC(=O)Cc1ccc(NC(=O)c2ccc(Br)o2)cc1)c1ccncc1. The number of hydrogen-bond acceptors (Lipinski definition) is 4. The van der Waals surface area contributed by atoms with Crippen LogP contribution < -0.4 is 10.6 Å². The first-order chi connectivity index (χ1) is 13.0. The van der Waals surface area contributed by atoms with Crippen molar-refractivity contribution in [1.29, 1.82) is 0 Å². The van der Waals surface area contributed by atoms with Crippen LogP contribution in [0.5, 0.6) is 0 Å². The van der Waals surface area contributed by atoms with Gasteiger partial charge in [0, 0.05) is 18.1 Å². The van der Waals surface area contributed by atoms with Gasteiger partial charge in [-0.25, -0.2) is 0 Å². The first-order valence-electron chi connectivity index (χ1n) is 8.36. The maximum atomic E-state index is 12.2. The van der Waals surface area contributed by atoms with Gasteiger partial charge in [0.15, 0.2) is 10.4 Å². The fourth-order valence-electron chi connectivity index (χ4n) is 2.55. The molecule has 2 N–H and O–H groups in total. The molecule has 0 spiro atoms. The molecule has 7 heteroatoms. The highest BCUT2D eigenvalue weighted by Crippen LogP contribution is 2.17. The van der Waals surface area contributed by atoms with E-state index in [9.17, 15) is 9.59 Å². The molecule has 1 atom stereocenters. The Morgan fingerprint density at radius 1 is 1.07 bits per heavy atom. The van der Waals surface area contributed by atoms with Crippen LogP contribution in [0.4, 0.5) is 5.69 Å². The summed E-state index contributed by atoms with van der Waals surface area (Å²) in [5.74, 6) is -0.190. The van der Waals surface area contributed by atoms with Gasteiger partial charge in [-0.15, -0.1) is 0 Å². The monoisotopic (exact) mass is 427 g/mol. The molecule has 6 nitrogen and oxygen atoms in total. The lowest BCUT2D eigenvalue weighted by molar-refractivity contribution is -0.121. The van der Waals surface area contributed by atoms with Crippen LogP contribution in [-0.4, -0.2) is 16.8 Å². The summed E-state index contributed by atoms with van der Waals surface area (Å²) in [5.41, 5.74) is 2.48.